The lowest BCUT2D eigenvalue weighted by Gasteiger charge is -2.19. The molecule has 0 aromatic heterocycles. The number of hydrogen-bond donors (Lipinski definition) is 1. The number of sulfonamides is 1. The van der Waals surface area contributed by atoms with Gasteiger partial charge in [-0.05, 0) is 49.2 Å². The highest BCUT2D eigenvalue weighted by molar-refractivity contribution is 7.89. The van der Waals surface area contributed by atoms with Crippen LogP contribution < -0.4 is 10.1 Å². The normalized spacial score (nSPS) is 11.7. The number of carbonyl (C=O) groups is 1. The van der Waals surface area contributed by atoms with E-state index in [2.05, 4.69) is 17.4 Å². The Balaban J connectivity index is 1.99. The Bertz CT molecular complexity index is 980. The molecule has 0 spiro atoms. The summed E-state index contributed by atoms with van der Waals surface area (Å²) in [5.74, 6) is 0.710. The Morgan fingerprint density at radius 1 is 1.07 bits per heavy atom. The predicted molar refractivity (Wildman–Crippen MR) is 118 cm³/mol. The van der Waals surface area contributed by atoms with E-state index in [9.17, 15) is 13.2 Å². The minimum Gasteiger partial charge on any atom is -0.496 e. The molecular formula is C22H31N3O4S. The van der Waals surface area contributed by atoms with Crippen molar-refractivity contribution in [2.45, 2.75) is 31.8 Å². The molecule has 0 fully saturated rings. The Kier molecular flexibility index (Phi) is 8.00. The van der Waals surface area contributed by atoms with E-state index in [1.165, 1.54) is 18.4 Å². The maximum absolute atomic E-state index is 12.5. The highest BCUT2D eigenvalue weighted by atomic mass is 32.2. The average molecular weight is 434 g/mol. The molecule has 0 aliphatic carbocycles. The van der Waals surface area contributed by atoms with E-state index in [-0.39, 0.29) is 23.9 Å². The summed E-state index contributed by atoms with van der Waals surface area (Å²) in [5, 5.41) is 2.82. The summed E-state index contributed by atoms with van der Waals surface area (Å²) in [5.41, 5.74) is 3.78. The number of amides is 1. The molecule has 0 atom stereocenters. The van der Waals surface area contributed by atoms with Crippen molar-refractivity contribution in [1.82, 2.24) is 14.5 Å². The molecule has 0 saturated carbocycles. The number of rotatable bonds is 9. The Hall–Kier alpha value is -2.42. The second-order valence-corrected chi connectivity index (χ2v) is 9.73. The summed E-state index contributed by atoms with van der Waals surface area (Å²) >= 11 is 0. The van der Waals surface area contributed by atoms with Crippen molar-refractivity contribution in [3.63, 3.8) is 0 Å². The third-order valence-corrected chi connectivity index (χ3v) is 6.71. The van der Waals surface area contributed by atoms with Crippen LogP contribution >= 0.6 is 0 Å². The second kappa shape index (κ2) is 10.1. The van der Waals surface area contributed by atoms with Gasteiger partial charge in [-0.3, -0.25) is 9.69 Å². The number of aryl methyl sites for hydroxylation is 2. The summed E-state index contributed by atoms with van der Waals surface area (Å²) < 4.78 is 31.5. The van der Waals surface area contributed by atoms with Crippen LogP contribution in [0.2, 0.25) is 0 Å². The quantitative estimate of drug-likeness (QED) is 0.657. The van der Waals surface area contributed by atoms with Crippen molar-refractivity contribution < 1.29 is 17.9 Å². The summed E-state index contributed by atoms with van der Waals surface area (Å²) in [7, 11) is 2.94. The zero-order valence-corrected chi connectivity index (χ0v) is 19.3. The molecule has 0 aliphatic rings. The molecule has 2 rings (SSSR count). The van der Waals surface area contributed by atoms with Gasteiger partial charge < -0.3 is 10.1 Å². The number of likely N-dealkylation sites (N-methyl/N-ethyl adjacent to an activating group) is 1. The molecule has 0 radical (unpaired) electrons. The van der Waals surface area contributed by atoms with Gasteiger partial charge in [0.2, 0.25) is 15.9 Å². The highest BCUT2D eigenvalue weighted by Gasteiger charge is 2.21. The molecule has 7 nitrogen and oxygen atoms in total. The van der Waals surface area contributed by atoms with Crippen LogP contribution in [0.1, 0.15) is 22.3 Å². The van der Waals surface area contributed by atoms with E-state index < -0.39 is 10.0 Å². The lowest BCUT2D eigenvalue weighted by molar-refractivity contribution is -0.122. The van der Waals surface area contributed by atoms with E-state index in [1.54, 1.807) is 31.4 Å². The fraction of sp³-hybridized carbons (Fsp3) is 0.409. The second-order valence-electron chi connectivity index (χ2n) is 7.61. The van der Waals surface area contributed by atoms with E-state index in [0.717, 1.165) is 22.4 Å². The molecule has 1 amide bonds. The maximum atomic E-state index is 12.5. The van der Waals surface area contributed by atoms with Gasteiger partial charge in [0.15, 0.2) is 0 Å². The standard InChI is InChI=1S/C22H31N3O4S/c1-16-11-18(12-17(2)22(16)29-6)14-25(5)15-21(26)23-13-19-9-7-8-10-20(19)30(27,28)24(3)4/h7-12H,13-15H2,1-6H3,(H,23,26). The number of methoxy groups -OCH3 is 1. The molecule has 30 heavy (non-hydrogen) atoms. The predicted octanol–water partition coefficient (Wildman–Crippen LogP) is 2.31. The van der Waals surface area contributed by atoms with Crippen LogP contribution in [0.4, 0.5) is 0 Å². The lowest BCUT2D eigenvalue weighted by Crippen LogP contribution is -2.35. The van der Waals surface area contributed by atoms with Gasteiger partial charge in [0.25, 0.3) is 0 Å². The van der Waals surface area contributed by atoms with Gasteiger partial charge in [-0.2, -0.15) is 0 Å². The van der Waals surface area contributed by atoms with Crippen LogP contribution in [-0.2, 0) is 27.9 Å². The molecule has 8 heteroatoms. The van der Waals surface area contributed by atoms with Crippen molar-refractivity contribution in [1.29, 1.82) is 0 Å². The molecule has 1 N–H and O–H groups in total. The molecule has 0 saturated heterocycles. The highest BCUT2D eigenvalue weighted by Crippen LogP contribution is 2.24. The average Bonchev–Trinajstić information content (AvgIpc) is 2.66. The molecule has 0 unspecified atom stereocenters. The molecule has 0 aliphatic heterocycles. The number of hydrogen-bond acceptors (Lipinski definition) is 5. The van der Waals surface area contributed by atoms with Crippen LogP contribution in [0.25, 0.3) is 0 Å². The van der Waals surface area contributed by atoms with Crippen molar-refractivity contribution in [2.75, 3.05) is 34.8 Å². The van der Waals surface area contributed by atoms with Gasteiger partial charge in [0.1, 0.15) is 5.75 Å². The first-order valence-corrected chi connectivity index (χ1v) is 11.1. The molecule has 164 valence electrons. The minimum absolute atomic E-state index is 0.149. The van der Waals surface area contributed by atoms with Crippen molar-refractivity contribution >= 4 is 15.9 Å². The van der Waals surface area contributed by atoms with Crippen LogP contribution in [0, 0.1) is 13.8 Å². The SMILES string of the molecule is COc1c(C)cc(CN(C)CC(=O)NCc2ccccc2S(=O)(=O)N(C)C)cc1C. The minimum atomic E-state index is -3.57. The molecule has 2 aromatic rings. The lowest BCUT2D eigenvalue weighted by atomic mass is 10.1. The number of nitrogens with zero attached hydrogens (tertiary/aromatic N) is 2. The third kappa shape index (κ3) is 5.81. The maximum Gasteiger partial charge on any atom is 0.242 e. The van der Waals surface area contributed by atoms with E-state index in [1.807, 2.05) is 25.8 Å². The van der Waals surface area contributed by atoms with Crippen molar-refractivity contribution in [2.24, 2.45) is 0 Å². The van der Waals surface area contributed by atoms with Crippen LogP contribution in [0.5, 0.6) is 5.75 Å². The number of ether oxygens (including phenoxy) is 1. The van der Waals surface area contributed by atoms with Crippen molar-refractivity contribution in [3.8, 4) is 5.75 Å². The summed E-state index contributed by atoms with van der Waals surface area (Å²) in [6.07, 6.45) is 0. The first-order chi connectivity index (χ1) is 14.1. The topological polar surface area (TPSA) is 79.0 Å². The van der Waals surface area contributed by atoms with Crippen molar-refractivity contribution in [3.05, 3.63) is 58.7 Å². The molecule has 2 aromatic carbocycles. The first kappa shape index (κ1) is 23.9. The summed E-state index contributed by atoms with van der Waals surface area (Å²) in [4.78, 5) is 14.5. The molecular weight excluding hydrogens is 402 g/mol. The summed E-state index contributed by atoms with van der Waals surface area (Å²) in [6.45, 7) is 4.97. The fourth-order valence-electron chi connectivity index (χ4n) is 3.41. The van der Waals surface area contributed by atoms with Crippen LogP contribution in [-0.4, -0.2) is 58.3 Å². The third-order valence-electron chi connectivity index (χ3n) is 4.80. The molecule has 0 heterocycles. The number of nitrogens with one attached hydrogen (secondary N) is 1. The van der Waals surface area contributed by atoms with Gasteiger partial charge in [-0.1, -0.05) is 30.3 Å². The zero-order chi connectivity index (χ0) is 22.5. The van der Waals surface area contributed by atoms with Crippen LogP contribution in [0.3, 0.4) is 0 Å². The van der Waals surface area contributed by atoms with E-state index >= 15 is 0 Å². The summed E-state index contributed by atoms with van der Waals surface area (Å²) in [6, 6.07) is 10.8. The van der Waals surface area contributed by atoms with E-state index in [4.69, 9.17) is 4.74 Å². The van der Waals surface area contributed by atoms with E-state index in [0.29, 0.717) is 12.1 Å². The van der Waals surface area contributed by atoms with Gasteiger partial charge in [0.05, 0.1) is 18.6 Å². The zero-order valence-electron chi connectivity index (χ0n) is 18.5. The monoisotopic (exact) mass is 433 g/mol. The largest absolute Gasteiger partial charge is 0.496 e. The number of carbonyl (C=O) groups excluding carboxylic acids is 1. The Morgan fingerprint density at radius 3 is 2.23 bits per heavy atom. The van der Waals surface area contributed by atoms with Gasteiger partial charge in [-0.25, -0.2) is 12.7 Å². The number of benzene rings is 2. The fourth-order valence-corrected chi connectivity index (χ4v) is 4.53. The first-order valence-electron chi connectivity index (χ1n) is 9.66. The Labute approximate surface area is 179 Å². The molecule has 0 bridgehead atoms. The van der Waals surface area contributed by atoms with Gasteiger partial charge >= 0.3 is 0 Å². The van der Waals surface area contributed by atoms with Crippen LogP contribution in [0.15, 0.2) is 41.3 Å². The smallest absolute Gasteiger partial charge is 0.242 e. The van der Waals surface area contributed by atoms with Gasteiger partial charge in [0, 0.05) is 27.2 Å². The van der Waals surface area contributed by atoms with Gasteiger partial charge in [-0.15, -0.1) is 0 Å². The Morgan fingerprint density at radius 2 is 1.67 bits per heavy atom.